The molecule has 0 heterocycles. The topological polar surface area (TPSA) is 55.1 Å². The van der Waals surface area contributed by atoms with Gasteiger partial charge < -0.3 is 11.1 Å². The van der Waals surface area contributed by atoms with Gasteiger partial charge in [0.2, 0.25) is 0 Å². The minimum absolute atomic E-state index is 0.0119. The summed E-state index contributed by atoms with van der Waals surface area (Å²) < 4.78 is 0. The molecule has 0 radical (unpaired) electrons. The van der Waals surface area contributed by atoms with Crippen LogP contribution in [0.25, 0.3) is 0 Å². The molecule has 0 unspecified atom stereocenters. The summed E-state index contributed by atoms with van der Waals surface area (Å²) in [4.78, 5) is 11.8. The van der Waals surface area contributed by atoms with E-state index in [1.165, 1.54) is 25.7 Å². The number of nitrogens with two attached hydrogens (primary N) is 1. The van der Waals surface area contributed by atoms with E-state index in [0.29, 0.717) is 11.3 Å². The molecule has 0 saturated heterocycles. The summed E-state index contributed by atoms with van der Waals surface area (Å²) in [6, 6.07) is 7.02. The molecule has 3 heteroatoms. The van der Waals surface area contributed by atoms with Gasteiger partial charge in [0.15, 0.2) is 0 Å². The lowest BCUT2D eigenvalue weighted by Crippen LogP contribution is -2.24. The molecule has 0 aliphatic rings. The number of unbranched alkanes of at least 4 members (excludes halogenated alkanes) is 3. The van der Waals surface area contributed by atoms with Crippen LogP contribution in [-0.2, 0) is 0 Å². The zero-order valence-electron chi connectivity index (χ0n) is 12.1. The Morgan fingerprint density at radius 3 is 2.37 bits per heavy atom. The number of carbonyl (C=O) groups is 1. The molecule has 3 N–H and O–H groups in total. The van der Waals surface area contributed by atoms with Crippen molar-refractivity contribution in [3.05, 3.63) is 29.8 Å². The second-order valence-electron chi connectivity index (χ2n) is 5.47. The van der Waals surface area contributed by atoms with Gasteiger partial charge in [-0.25, -0.2) is 0 Å². The fraction of sp³-hybridized carbons (Fsp3) is 0.562. The van der Waals surface area contributed by atoms with Gasteiger partial charge in [0.1, 0.15) is 0 Å². The van der Waals surface area contributed by atoms with E-state index in [1.807, 2.05) is 0 Å². The van der Waals surface area contributed by atoms with Crippen molar-refractivity contribution in [1.29, 1.82) is 0 Å². The smallest absolute Gasteiger partial charge is 0.251 e. The summed E-state index contributed by atoms with van der Waals surface area (Å²) in [5.41, 5.74) is 6.94. The first-order chi connectivity index (χ1) is 9.09. The maximum atomic E-state index is 11.8. The molecule has 0 spiro atoms. The largest absolute Gasteiger partial charge is 0.399 e. The third kappa shape index (κ3) is 6.85. The van der Waals surface area contributed by atoms with Crippen LogP contribution in [0.5, 0.6) is 0 Å². The van der Waals surface area contributed by atoms with Gasteiger partial charge in [-0.05, 0) is 36.6 Å². The predicted octanol–water partition coefficient (Wildman–Crippen LogP) is 3.61. The minimum Gasteiger partial charge on any atom is -0.399 e. The monoisotopic (exact) mass is 262 g/mol. The Bertz CT molecular complexity index is 371. The van der Waals surface area contributed by atoms with E-state index < -0.39 is 0 Å². The normalized spacial score (nSPS) is 10.7. The van der Waals surface area contributed by atoms with E-state index in [2.05, 4.69) is 19.2 Å². The highest BCUT2D eigenvalue weighted by atomic mass is 16.1. The van der Waals surface area contributed by atoms with Gasteiger partial charge in [-0.1, -0.05) is 39.5 Å². The molecule has 1 amide bonds. The summed E-state index contributed by atoms with van der Waals surface area (Å²) >= 11 is 0. The number of rotatable bonds is 8. The van der Waals surface area contributed by atoms with Crippen LogP contribution in [0.2, 0.25) is 0 Å². The summed E-state index contributed by atoms with van der Waals surface area (Å²) in [6.07, 6.45) is 6.10. The maximum absolute atomic E-state index is 11.8. The van der Waals surface area contributed by atoms with Gasteiger partial charge in [-0.2, -0.15) is 0 Å². The zero-order chi connectivity index (χ0) is 14.1. The second kappa shape index (κ2) is 8.57. The molecule has 1 aromatic rings. The van der Waals surface area contributed by atoms with Gasteiger partial charge in [0.25, 0.3) is 5.91 Å². The first kappa shape index (κ1) is 15.5. The van der Waals surface area contributed by atoms with Crippen LogP contribution >= 0.6 is 0 Å². The van der Waals surface area contributed by atoms with E-state index >= 15 is 0 Å². The molecule has 19 heavy (non-hydrogen) atoms. The Hall–Kier alpha value is -1.51. The van der Waals surface area contributed by atoms with Crippen LogP contribution in [0, 0.1) is 5.92 Å². The van der Waals surface area contributed by atoms with Crippen LogP contribution in [0.3, 0.4) is 0 Å². The summed E-state index contributed by atoms with van der Waals surface area (Å²) in [6.45, 7) is 5.27. The number of nitrogens with one attached hydrogen (secondary N) is 1. The number of hydrogen-bond donors (Lipinski definition) is 2. The van der Waals surface area contributed by atoms with Crippen molar-refractivity contribution in [2.75, 3.05) is 12.3 Å². The van der Waals surface area contributed by atoms with Gasteiger partial charge in [0, 0.05) is 17.8 Å². The van der Waals surface area contributed by atoms with E-state index in [9.17, 15) is 4.79 Å². The summed E-state index contributed by atoms with van der Waals surface area (Å²) in [5.74, 6) is 0.785. The van der Waals surface area contributed by atoms with Crippen molar-refractivity contribution >= 4 is 11.6 Å². The second-order valence-corrected chi connectivity index (χ2v) is 5.47. The highest BCUT2D eigenvalue weighted by molar-refractivity contribution is 5.94. The first-order valence-electron chi connectivity index (χ1n) is 7.23. The average Bonchev–Trinajstić information content (AvgIpc) is 2.38. The van der Waals surface area contributed by atoms with Crippen LogP contribution in [0.1, 0.15) is 56.3 Å². The highest BCUT2D eigenvalue weighted by Crippen LogP contribution is 2.09. The Labute approximate surface area is 116 Å². The number of nitrogen functional groups attached to an aromatic ring is 1. The Balaban J connectivity index is 2.09. The van der Waals surface area contributed by atoms with Gasteiger partial charge in [0.05, 0.1) is 0 Å². The Morgan fingerprint density at radius 2 is 1.74 bits per heavy atom. The summed E-state index contributed by atoms with van der Waals surface area (Å²) in [5, 5.41) is 2.94. The molecule has 0 saturated carbocycles. The quantitative estimate of drug-likeness (QED) is 0.555. The number of hydrogen-bond acceptors (Lipinski definition) is 2. The van der Waals surface area contributed by atoms with E-state index in [0.717, 1.165) is 18.9 Å². The van der Waals surface area contributed by atoms with Crippen molar-refractivity contribution in [3.8, 4) is 0 Å². The molecule has 3 nitrogen and oxygen atoms in total. The molecule has 0 aliphatic heterocycles. The van der Waals surface area contributed by atoms with Crippen molar-refractivity contribution in [2.24, 2.45) is 5.92 Å². The van der Waals surface area contributed by atoms with Gasteiger partial charge in [-0.15, -0.1) is 0 Å². The van der Waals surface area contributed by atoms with Crippen molar-refractivity contribution in [2.45, 2.75) is 46.0 Å². The van der Waals surface area contributed by atoms with Crippen molar-refractivity contribution in [3.63, 3.8) is 0 Å². The van der Waals surface area contributed by atoms with Crippen LogP contribution < -0.4 is 11.1 Å². The SMILES string of the molecule is CC(C)CCCCCCNC(=O)c1ccc(N)cc1. The number of anilines is 1. The minimum atomic E-state index is -0.0119. The summed E-state index contributed by atoms with van der Waals surface area (Å²) in [7, 11) is 0. The molecule has 0 aliphatic carbocycles. The standard InChI is InChI=1S/C16H26N2O/c1-13(2)7-5-3-4-6-12-18-16(19)14-8-10-15(17)11-9-14/h8-11,13H,3-7,12,17H2,1-2H3,(H,18,19). The fourth-order valence-electron chi connectivity index (χ4n) is 1.97. The third-order valence-electron chi connectivity index (χ3n) is 3.17. The third-order valence-corrected chi connectivity index (χ3v) is 3.17. The van der Waals surface area contributed by atoms with E-state index in [1.54, 1.807) is 24.3 Å². The average molecular weight is 262 g/mol. The first-order valence-corrected chi connectivity index (χ1v) is 7.23. The number of carbonyl (C=O) groups excluding carboxylic acids is 1. The molecule has 0 bridgehead atoms. The number of benzene rings is 1. The lowest BCUT2D eigenvalue weighted by molar-refractivity contribution is 0.0953. The van der Waals surface area contributed by atoms with Crippen molar-refractivity contribution in [1.82, 2.24) is 5.32 Å². The Morgan fingerprint density at radius 1 is 1.11 bits per heavy atom. The van der Waals surface area contributed by atoms with Gasteiger partial charge >= 0.3 is 0 Å². The molecule has 1 aromatic carbocycles. The van der Waals surface area contributed by atoms with Crippen LogP contribution in [-0.4, -0.2) is 12.5 Å². The molecule has 0 atom stereocenters. The lowest BCUT2D eigenvalue weighted by Gasteiger charge is -2.06. The number of amides is 1. The van der Waals surface area contributed by atoms with Crippen LogP contribution in [0.15, 0.2) is 24.3 Å². The molecular weight excluding hydrogens is 236 g/mol. The predicted molar refractivity (Wildman–Crippen MR) is 81.1 cm³/mol. The molecule has 0 fully saturated rings. The van der Waals surface area contributed by atoms with E-state index in [4.69, 9.17) is 5.73 Å². The van der Waals surface area contributed by atoms with Crippen LogP contribution in [0.4, 0.5) is 5.69 Å². The molecule has 0 aromatic heterocycles. The zero-order valence-corrected chi connectivity index (χ0v) is 12.1. The maximum Gasteiger partial charge on any atom is 0.251 e. The van der Waals surface area contributed by atoms with E-state index in [-0.39, 0.29) is 5.91 Å². The highest BCUT2D eigenvalue weighted by Gasteiger charge is 2.03. The Kier molecular flexibility index (Phi) is 7.01. The van der Waals surface area contributed by atoms with Crippen molar-refractivity contribution < 1.29 is 4.79 Å². The molecular formula is C16H26N2O. The van der Waals surface area contributed by atoms with Gasteiger partial charge in [-0.3, -0.25) is 4.79 Å². The molecule has 1 rings (SSSR count). The lowest BCUT2D eigenvalue weighted by atomic mass is 10.0. The fourth-order valence-corrected chi connectivity index (χ4v) is 1.97. The molecule has 106 valence electrons.